The molecule has 0 aliphatic carbocycles. The molecular weight excluding hydrogens is 414 g/mol. The molecule has 1 unspecified atom stereocenters. The topological polar surface area (TPSA) is 107 Å². The van der Waals surface area contributed by atoms with Crippen molar-refractivity contribution >= 4 is 27.6 Å². The van der Waals surface area contributed by atoms with Crippen molar-refractivity contribution in [1.29, 1.82) is 0 Å². The Morgan fingerprint density at radius 2 is 2.00 bits per heavy atom. The highest BCUT2D eigenvalue weighted by Crippen LogP contribution is 2.31. The molecule has 9 nitrogen and oxygen atoms in total. The average Bonchev–Trinajstić information content (AvgIpc) is 3.15. The van der Waals surface area contributed by atoms with Crippen LogP contribution in [0.1, 0.15) is 24.4 Å². The third-order valence-electron chi connectivity index (χ3n) is 3.78. The maximum atomic E-state index is 12.4. The van der Waals surface area contributed by atoms with E-state index in [0.717, 1.165) is 10.0 Å². The Balaban J connectivity index is 1.74. The normalized spacial score (nSPS) is 11.7. The van der Waals surface area contributed by atoms with Gasteiger partial charge in [0.05, 0.1) is 18.8 Å². The molecule has 1 aromatic carbocycles. The van der Waals surface area contributed by atoms with Crippen molar-refractivity contribution in [2.45, 2.75) is 19.9 Å². The number of nitrogens with zero attached hydrogens (tertiary/aromatic N) is 5. The quantitative estimate of drug-likeness (QED) is 0.642. The summed E-state index contributed by atoms with van der Waals surface area (Å²) in [5, 5.41) is 9.74. The molecule has 0 saturated heterocycles. The molecule has 0 aliphatic heterocycles. The molecule has 10 heteroatoms. The van der Waals surface area contributed by atoms with Crippen molar-refractivity contribution in [1.82, 2.24) is 30.0 Å². The van der Waals surface area contributed by atoms with Gasteiger partial charge in [-0.1, -0.05) is 15.9 Å². The first-order valence-electron chi connectivity index (χ1n) is 8.08. The first-order valence-corrected chi connectivity index (χ1v) is 8.88. The second-order valence-electron chi connectivity index (χ2n) is 5.70. The van der Waals surface area contributed by atoms with Gasteiger partial charge in [0, 0.05) is 16.9 Å². The molecule has 3 aromatic rings. The minimum atomic E-state index is -0.434. The Hall–Kier alpha value is -3.01. The number of benzene rings is 1. The Kier molecular flexibility index (Phi) is 5.65. The van der Waals surface area contributed by atoms with E-state index in [4.69, 9.17) is 4.74 Å². The standard InChI is InChI=1S/C17H18BrN7O2/c1-10-7-14(27-3)13(8-12(10)18)24-17(26)23-11(2)15-21-9-22-25(15)16-19-5-4-6-20-16/h4-9,11H,1-3H3,(H2,23,24,26). The first-order chi connectivity index (χ1) is 13.0. The molecule has 0 fully saturated rings. The van der Waals surface area contributed by atoms with Crippen molar-refractivity contribution in [2.24, 2.45) is 0 Å². The van der Waals surface area contributed by atoms with Gasteiger partial charge >= 0.3 is 6.03 Å². The molecule has 2 aromatic heterocycles. The first kappa shape index (κ1) is 18.8. The molecular formula is C17H18BrN7O2. The minimum Gasteiger partial charge on any atom is -0.495 e. The molecule has 2 heterocycles. The maximum absolute atomic E-state index is 12.4. The van der Waals surface area contributed by atoms with Crippen LogP contribution in [0.2, 0.25) is 0 Å². The number of nitrogens with one attached hydrogen (secondary N) is 2. The van der Waals surface area contributed by atoms with Gasteiger partial charge < -0.3 is 15.4 Å². The maximum Gasteiger partial charge on any atom is 0.319 e. The number of carbonyl (C=O) groups is 1. The number of methoxy groups -OCH3 is 1. The number of anilines is 1. The smallest absolute Gasteiger partial charge is 0.319 e. The predicted octanol–water partition coefficient (Wildman–Crippen LogP) is 3.02. The lowest BCUT2D eigenvalue weighted by atomic mass is 10.2. The van der Waals surface area contributed by atoms with Crippen LogP contribution in [0.25, 0.3) is 5.95 Å². The van der Waals surface area contributed by atoms with Crippen LogP contribution >= 0.6 is 15.9 Å². The summed E-state index contributed by atoms with van der Waals surface area (Å²) >= 11 is 3.45. The Labute approximate surface area is 164 Å². The van der Waals surface area contributed by atoms with Gasteiger partial charge in [-0.25, -0.2) is 19.7 Å². The Morgan fingerprint density at radius 1 is 1.26 bits per heavy atom. The molecule has 0 spiro atoms. The number of urea groups is 1. The van der Waals surface area contributed by atoms with E-state index in [0.29, 0.717) is 23.2 Å². The fourth-order valence-corrected chi connectivity index (χ4v) is 2.78. The number of hydrogen-bond acceptors (Lipinski definition) is 6. The molecule has 3 rings (SSSR count). The van der Waals surface area contributed by atoms with Gasteiger partial charge in [-0.05, 0) is 37.6 Å². The second-order valence-corrected chi connectivity index (χ2v) is 6.55. The molecule has 0 saturated carbocycles. The molecule has 2 amide bonds. The molecule has 140 valence electrons. The summed E-state index contributed by atoms with van der Waals surface area (Å²) in [5.41, 5.74) is 1.55. The van der Waals surface area contributed by atoms with Crippen LogP contribution in [-0.2, 0) is 0 Å². The van der Waals surface area contributed by atoms with Crippen LogP contribution in [0.3, 0.4) is 0 Å². The van der Waals surface area contributed by atoms with Gasteiger partial charge in [0.25, 0.3) is 5.95 Å². The van der Waals surface area contributed by atoms with Gasteiger partial charge in [-0.3, -0.25) is 0 Å². The number of ether oxygens (including phenoxy) is 1. The lowest BCUT2D eigenvalue weighted by Crippen LogP contribution is -2.32. The number of rotatable bonds is 5. The monoisotopic (exact) mass is 431 g/mol. The number of halogens is 1. The van der Waals surface area contributed by atoms with E-state index in [1.165, 1.54) is 11.0 Å². The van der Waals surface area contributed by atoms with Crippen LogP contribution in [-0.4, -0.2) is 37.9 Å². The lowest BCUT2D eigenvalue weighted by molar-refractivity contribution is 0.248. The van der Waals surface area contributed by atoms with E-state index in [2.05, 4.69) is 46.6 Å². The summed E-state index contributed by atoms with van der Waals surface area (Å²) in [6, 6.07) is 4.50. The summed E-state index contributed by atoms with van der Waals surface area (Å²) in [6.45, 7) is 3.74. The van der Waals surface area contributed by atoms with Crippen LogP contribution in [0.15, 0.2) is 41.4 Å². The zero-order chi connectivity index (χ0) is 19.4. The summed E-state index contributed by atoms with van der Waals surface area (Å²) in [5.74, 6) is 1.45. The Morgan fingerprint density at radius 3 is 2.70 bits per heavy atom. The van der Waals surface area contributed by atoms with Crippen molar-refractivity contribution in [3.05, 3.63) is 52.8 Å². The van der Waals surface area contributed by atoms with E-state index in [9.17, 15) is 4.79 Å². The predicted molar refractivity (Wildman–Crippen MR) is 103 cm³/mol. The summed E-state index contributed by atoms with van der Waals surface area (Å²) in [4.78, 5) is 25.0. The summed E-state index contributed by atoms with van der Waals surface area (Å²) in [6.07, 6.45) is 4.61. The van der Waals surface area contributed by atoms with Crippen LogP contribution in [0.5, 0.6) is 5.75 Å². The number of aryl methyl sites for hydroxylation is 1. The van der Waals surface area contributed by atoms with Gasteiger partial charge in [-0.2, -0.15) is 9.78 Å². The second kappa shape index (κ2) is 8.12. The average molecular weight is 432 g/mol. The Bertz CT molecular complexity index is 946. The molecule has 1 atom stereocenters. The van der Waals surface area contributed by atoms with Gasteiger partial charge in [-0.15, -0.1) is 0 Å². The number of aromatic nitrogens is 5. The van der Waals surface area contributed by atoms with Crippen LogP contribution < -0.4 is 15.4 Å². The van der Waals surface area contributed by atoms with Crippen LogP contribution in [0.4, 0.5) is 10.5 Å². The zero-order valence-corrected chi connectivity index (χ0v) is 16.6. The van der Waals surface area contributed by atoms with E-state index in [-0.39, 0.29) is 0 Å². The van der Waals surface area contributed by atoms with Gasteiger partial charge in [0.1, 0.15) is 12.1 Å². The third kappa shape index (κ3) is 4.22. The van der Waals surface area contributed by atoms with E-state index in [1.807, 2.05) is 13.0 Å². The van der Waals surface area contributed by atoms with Crippen molar-refractivity contribution in [3.8, 4) is 11.7 Å². The largest absolute Gasteiger partial charge is 0.495 e. The van der Waals surface area contributed by atoms with Gasteiger partial charge in [0.2, 0.25) is 0 Å². The fraction of sp³-hybridized carbons (Fsp3) is 0.235. The van der Waals surface area contributed by atoms with Crippen LogP contribution in [0, 0.1) is 6.92 Å². The third-order valence-corrected chi connectivity index (χ3v) is 4.63. The number of amides is 2. The van der Waals surface area contributed by atoms with Crippen molar-refractivity contribution in [3.63, 3.8) is 0 Å². The zero-order valence-electron chi connectivity index (χ0n) is 15.0. The molecule has 0 bridgehead atoms. The van der Waals surface area contributed by atoms with Crippen molar-refractivity contribution < 1.29 is 9.53 Å². The van der Waals surface area contributed by atoms with Crippen molar-refractivity contribution in [2.75, 3.05) is 12.4 Å². The highest BCUT2D eigenvalue weighted by molar-refractivity contribution is 9.10. The number of carbonyl (C=O) groups excluding carboxylic acids is 1. The lowest BCUT2D eigenvalue weighted by Gasteiger charge is -2.16. The molecule has 0 radical (unpaired) electrons. The SMILES string of the molecule is COc1cc(C)c(Br)cc1NC(=O)NC(C)c1ncnn1-c1ncccn1. The van der Waals surface area contributed by atoms with E-state index < -0.39 is 12.1 Å². The summed E-state index contributed by atoms with van der Waals surface area (Å²) in [7, 11) is 1.55. The number of hydrogen-bond donors (Lipinski definition) is 2. The highest BCUT2D eigenvalue weighted by atomic mass is 79.9. The molecule has 0 aliphatic rings. The van der Waals surface area contributed by atoms with E-state index in [1.54, 1.807) is 38.6 Å². The van der Waals surface area contributed by atoms with Gasteiger partial charge in [0.15, 0.2) is 5.82 Å². The minimum absolute atomic E-state index is 0.378. The molecule has 2 N–H and O–H groups in total. The van der Waals surface area contributed by atoms with E-state index >= 15 is 0 Å². The fourth-order valence-electron chi connectivity index (χ4n) is 2.44. The highest BCUT2D eigenvalue weighted by Gasteiger charge is 2.19. The molecule has 27 heavy (non-hydrogen) atoms. The summed E-state index contributed by atoms with van der Waals surface area (Å²) < 4.78 is 7.68.